The lowest BCUT2D eigenvalue weighted by molar-refractivity contribution is 0.287. The van der Waals surface area contributed by atoms with Crippen molar-refractivity contribution in [2.75, 3.05) is 26.2 Å². The van der Waals surface area contributed by atoms with Gasteiger partial charge in [0.15, 0.2) is 0 Å². The second-order valence-corrected chi connectivity index (χ2v) is 4.63. The van der Waals surface area contributed by atoms with E-state index in [9.17, 15) is 0 Å². The summed E-state index contributed by atoms with van der Waals surface area (Å²) in [6.45, 7) is 10.5. The molecule has 18 heavy (non-hydrogen) atoms. The van der Waals surface area contributed by atoms with Crippen LogP contribution in [0, 0.1) is 0 Å². The van der Waals surface area contributed by atoms with Gasteiger partial charge in [-0.15, -0.1) is 0 Å². The summed E-state index contributed by atoms with van der Waals surface area (Å²) in [4.78, 5) is 2.48. The number of benzene rings is 1. The molecule has 0 aromatic heterocycles. The maximum Gasteiger partial charge on any atom is 0.0206 e. The predicted octanol–water partition coefficient (Wildman–Crippen LogP) is 1.97. The van der Waals surface area contributed by atoms with Gasteiger partial charge >= 0.3 is 0 Å². The van der Waals surface area contributed by atoms with Gasteiger partial charge in [-0.05, 0) is 30.6 Å². The molecule has 0 spiro atoms. The van der Waals surface area contributed by atoms with Crippen LogP contribution >= 0.6 is 0 Å². The molecule has 0 heterocycles. The van der Waals surface area contributed by atoms with Crippen molar-refractivity contribution in [2.24, 2.45) is 5.73 Å². The average Bonchev–Trinajstić information content (AvgIpc) is 2.43. The monoisotopic (exact) mass is 249 g/mol. The lowest BCUT2D eigenvalue weighted by Crippen LogP contribution is -2.32. The van der Waals surface area contributed by atoms with Crippen molar-refractivity contribution in [1.82, 2.24) is 10.2 Å². The number of hydrogen-bond donors (Lipinski definition) is 2. The van der Waals surface area contributed by atoms with E-state index in [1.165, 1.54) is 24.1 Å². The van der Waals surface area contributed by atoms with Crippen LogP contribution in [-0.4, -0.2) is 31.1 Å². The van der Waals surface area contributed by atoms with Crippen molar-refractivity contribution in [1.29, 1.82) is 0 Å². The Morgan fingerprint density at radius 1 is 1.06 bits per heavy atom. The number of nitrogens with two attached hydrogens (primary N) is 1. The van der Waals surface area contributed by atoms with Gasteiger partial charge in [-0.1, -0.05) is 38.1 Å². The predicted molar refractivity (Wildman–Crippen MR) is 78.4 cm³/mol. The van der Waals surface area contributed by atoms with E-state index in [-0.39, 0.29) is 0 Å². The number of rotatable bonds is 9. The Bertz CT molecular complexity index is 308. The maximum atomic E-state index is 5.58. The van der Waals surface area contributed by atoms with E-state index in [0.29, 0.717) is 6.54 Å². The Morgan fingerprint density at radius 3 is 2.28 bits per heavy atom. The van der Waals surface area contributed by atoms with Crippen LogP contribution in [0.5, 0.6) is 0 Å². The summed E-state index contributed by atoms with van der Waals surface area (Å²) in [6.07, 6.45) is 1.23. The van der Waals surface area contributed by atoms with Crippen LogP contribution in [0.15, 0.2) is 24.3 Å². The largest absolute Gasteiger partial charge is 0.326 e. The zero-order chi connectivity index (χ0) is 13.2. The van der Waals surface area contributed by atoms with Gasteiger partial charge in [-0.2, -0.15) is 0 Å². The smallest absolute Gasteiger partial charge is 0.0206 e. The van der Waals surface area contributed by atoms with Gasteiger partial charge in [0.2, 0.25) is 0 Å². The molecular formula is C15H27N3. The van der Waals surface area contributed by atoms with E-state index in [1.54, 1.807) is 0 Å². The normalized spacial score (nSPS) is 11.1. The molecule has 3 N–H and O–H groups in total. The molecule has 0 amide bonds. The van der Waals surface area contributed by atoms with Gasteiger partial charge in [-0.3, -0.25) is 0 Å². The molecule has 0 aliphatic rings. The Kier molecular flexibility index (Phi) is 7.65. The fraction of sp³-hybridized carbons (Fsp3) is 0.600. The van der Waals surface area contributed by atoms with Crippen molar-refractivity contribution in [2.45, 2.75) is 33.4 Å². The number of likely N-dealkylation sites (N-methyl/N-ethyl adjacent to an activating group) is 1. The first-order valence-corrected chi connectivity index (χ1v) is 7.01. The van der Waals surface area contributed by atoms with Crippen molar-refractivity contribution in [3.8, 4) is 0 Å². The van der Waals surface area contributed by atoms with Crippen LogP contribution in [0.25, 0.3) is 0 Å². The first-order chi connectivity index (χ1) is 8.80. The summed E-state index contributed by atoms with van der Waals surface area (Å²) in [5.41, 5.74) is 8.10. The molecule has 1 rings (SSSR count). The third kappa shape index (κ3) is 5.63. The van der Waals surface area contributed by atoms with Crippen LogP contribution in [-0.2, 0) is 13.1 Å². The molecule has 0 saturated carbocycles. The van der Waals surface area contributed by atoms with Gasteiger partial charge < -0.3 is 16.0 Å². The van der Waals surface area contributed by atoms with Crippen molar-refractivity contribution in [3.63, 3.8) is 0 Å². The number of hydrogen-bond acceptors (Lipinski definition) is 3. The van der Waals surface area contributed by atoms with E-state index < -0.39 is 0 Å². The van der Waals surface area contributed by atoms with E-state index >= 15 is 0 Å². The van der Waals surface area contributed by atoms with Crippen LogP contribution in [0.3, 0.4) is 0 Å². The molecule has 0 bridgehead atoms. The first kappa shape index (κ1) is 15.2. The minimum Gasteiger partial charge on any atom is -0.326 e. The van der Waals surface area contributed by atoms with E-state index in [0.717, 1.165) is 26.2 Å². The summed E-state index contributed by atoms with van der Waals surface area (Å²) >= 11 is 0. The fourth-order valence-corrected chi connectivity index (χ4v) is 2.01. The molecule has 3 nitrogen and oxygen atoms in total. The van der Waals surface area contributed by atoms with Gasteiger partial charge in [0.25, 0.3) is 0 Å². The quantitative estimate of drug-likeness (QED) is 0.657. The molecule has 102 valence electrons. The Balaban J connectivity index is 2.20. The molecule has 0 fully saturated rings. The van der Waals surface area contributed by atoms with E-state index in [4.69, 9.17) is 5.73 Å². The van der Waals surface area contributed by atoms with Crippen LogP contribution in [0.1, 0.15) is 31.4 Å². The molecule has 0 saturated heterocycles. The Morgan fingerprint density at radius 2 is 1.72 bits per heavy atom. The minimum absolute atomic E-state index is 0.621. The molecular weight excluding hydrogens is 222 g/mol. The second kappa shape index (κ2) is 9.09. The highest BCUT2D eigenvalue weighted by molar-refractivity contribution is 5.22. The molecule has 0 unspecified atom stereocenters. The SMILES string of the molecule is CCCN(CC)CCNCc1ccc(CN)cc1. The highest BCUT2D eigenvalue weighted by atomic mass is 15.1. The Hall–Kier alpha value is -0.900. The Labute approximate surface area is 111 Å². The average molecular weight is 249 g/mol. The summed E-state index contributed by atoms with van der Waals surface area (Å²) in [5.74, 6) is 0. The second-order valence-electron chi connectivity index (χ2n) is 4.63. The molecule has 0 aliphatic carbocycles. The summed E-state index contributed by atoms with van der Waals surface area (Å²) in [5, 5.41) is 3.49. The van der Waals surface area contributed by atoms with E-state index in [2.05, 4.69) is 48.3 Å². The van der Waals surface area contributed by atoms with Crippen LogP contribution in [0.4, 0.5) is 0 Å². The number of nitrogens with one attached hydrogen (secondary N) is 1. The van der Waals surface area contributed by atoms with Gasteiger partial charge in [-0.25, -0.2) is 0 Å². The fourth-order valence-electron chi connectivity index (χ4n) is 2.01. The zero-order valence-electron chi connectivity index (χ0n) is 11.8. The lowest BCUT2D eigenvalue weighted by atomic mass is 10.1. The molecule has 0 atom stereocenters. The van der Waals surface area contributed by atoms with Gasteiger partial charge in [0.05, 0.1) is 0 Å². The summed E-state index contributed by atoms with van der Waals surface area (Å²) in [6, 6.07) is 8.51. The third-order valence-corrected chi connectivity index (χ3v) is 3.18. The molecule has 0 aliphatic heterocycles. The summed E-state index contributed by atoms with van der Waals surface area (Å²) in [7, 11) is 0. The highest BCUT2D eigenvalue weighted by Gasteiger charge is 1.99. The molecule has 3 heteroatoms. The van der Waals surface area contributed by atoms with Crippen LogP contribution < -0.4 is 11.1 Å². The van der Waals surface area contributed by atoms with Gasteiger partial charge in [0.1, 0.15) is 0 Å². The zero-order valence-corrected chi connectivity index (χ0v) is 11.8. The molecule has 1 aromatic carbocycles. The van der Waals surface area contributed by atoms with Gasteiger partial charge in [0, 0.05) is 26.2 Å². The lowest BCUT2D eigenvalue weighted by Gasteiger charge is -2.19. The maximum absolute atomic E-state index is 5.58. The molecule has 0 radical (unpaired) electrons. The molecule has 1 aromatic rings. The van der Waals surface area contributed by atoms with E-state index in [1.807, 2.05) is 0 Å². The standard InChI is InChI=1S/C15H27N3/c1-3-10-18(4-2)11-9-17-13-15-7-5-14(12-16)6-8-15/h5-8,17H,3-4,9-13,16H2,1-2H3. The van der Waals surface area contributed by atoms with Crippen molar-refractivity contribution in [3.05, 3.63) is 35.4 Å². The summed E-state index contributed by atoms with van der Waals surface area (Å²) < 4.78 is 0. The van der Waals surface area contributed by atoms with Crippen molar-refractivity contribution >= 4 is 0 Å². The third-order valence-electron chi connectivity index (χ3n) is 3.18. The topological polar surface area (TPSA) is 41.3 Å². The van der Waals surface area contributed by atoms with Crippen LogP contribution in [0.2, 0.25) is 0 Å². The highest BCUT2D eigenvalue weighted by Crippen LogP contribution is 2.03. The van der Waals surface area contributed by atoms with Crippen molar-refractivity contribution < 1.29 is 0 Å². The number of nitrogens with zero attached hydrogens (tertiary/aromatic N) is 1. The first-order valence-electron chi connectivity index (χ1n) is 7.01. The minimum atomic E-state index is 0.621.